The molecular weight excluding hydrogens is 330 g/mol. The van der Waals surface area contributed by atoms with Crippen LogP contribution in [0.2, 0.25) is 0 Å². The molecule has 1 saturated heterocycles. The summed E-state index contributed by atoms with van der Waals surface area (Å²) in [6, 6.07) is 8.46. The van der Waals surface area contributed by atoms with Gasteiger partial charge in [-0.2, -0.15) is 0 Å². The summed E-state index contributed by atoms with van der Waals surface area (Å²) in [6.45, 7) is 1.72. The second-order valence-electron chi connectivity index (χ2n) is 8.06. The first-order valence-corrected chi connectivity index (χ1v) is 10.4. The van der Waals surface area contributed by atoms with Crippen LogP contribution in [0.3, 0.4) is 0 Å². The number of nitrogens with zero attached hydrogens (tertiary/aromatic N) is 2. The Morgan fingerprint density at radius 2 is 1.88 bits per heavy atom. The molecular formula is C20H25N3OS. The quantitative estimate of drug-likeness (QED) is 0.898. The van der Waals surface area contributed by atoms with Crippen molar-refractivity contribution in [3.63, 3.8) is 0 Å². The lowest BCUT2D eigenvalue weighted by Crippen LogP contribution is -2.49. The van der Waals surface area contributed by atoms with Crippen LogP contribution in [-0.4, -0.2) is 34.9 Å². The Morgan fingerprint density at radius 1 is 1.12 bits per heavy atom. The largest absolute Gasteiger partial charge is 0.342 e. The summed E-state index contributed by atoms with van der Waals surface area (Å²) in [5.41, 5.74) is 7.48. The molecule has 1 aromatic heterocycles. The molecule has 1 aliphatic heterocycles. The lowest BCUT2D eigenvalue weighted by atomic mass is 9.83. The first-order chi connectivity index (χ1) is 12.2. The van der Waals surface area contributed by atoms with E-state index in [4.69, 9.17) is 10.7 Å². The van der Waals surface area contributed by atoms with Gasteiger partial charge in [0.2, 0.25) is 5.91 Å². The molecule has 0 spiro atoms. The van der Waals surface area contributed by atoms with Crippen LogP contribution in [0.25, 0.3) is 10.2 Å². The van der Waals surface area contributed by atoms with Crippen LogP contribution in [-0.2, 0) is 4.79 Å². The smallest absolute Gasteiger partial charge is 0.227 e. The van der Waals surface area contributed by atoms with Crippen LogP contribution in [0.15, 0.2) is 24.3 Å². The van der Waals surface area contributed by atoms with Crippen molar-refractivity contribution in [2.45, 2.75) is 44.1 Å². The van der Waals surface area contributed by atoms with E-state index < -0.39 is 0 Å². The van der Waals surface area contributed by atoms with Gasteiger partial charge in [0.1, 0.15) is 0 Å². The molecule has 2 N–H and O–H groups in total. The fraction of sp³-hybridized carbons (Fsp3) is 0.600. The Morgan fingerprint density at radius 3 is 2.60 bits per heavy atom. The van der Waals surface area contributed by atoms with Gasteiger partial charge in [0.15, 0.2) is 0 Å². The summed E-state index contributed by atoms with van der Waals surface area (Å²) in [7, 11) is 0. The molecule has 2 saturated carbocycles. The molecule has 2 bridgehead atoms. The number of piperidine rings is 1. The minimum absolute atomic E-state index is 0.0951. The van der Waals surface area contributed by atoms with E-state index in [0.29, 0.717) is 23.7 Å². The summed E-state index contributed by atoms with van der Waals surface area (Å²) in [4.78, 5) is 19.9. The van der Waals surface area contributed by atoms with E-state index in [2.05, 4.69) is 23.1 Å². The van der Waals surface area contributed by atoms with Crippen LogP contribution in [0.1, 0.15) is 43.0 Å². The second kappa shape index (κ2) is 6.06. The highest BCUT2D eigenvalue weighted by Gasteiger charge is 2.50. The number of likely N-dealkylation sites (tertiary alicyclic amines) is 1. The summed E-state index contributed by atoms with van der Waals surface area (Å²) < 4.78 is 1.27. The molecule has 2 heterocycles. The third-order valence-electron chi connectivity index (χ3n) is 6.73. The number of hydrogen-bond acceptors (Lipinski definition) is 4. The molecule has 5 heteroatoms. The fourth-order valence-corrected chi connectivity index (χ4v) is 6.46. The summed E-state index contributed by atoms with van der Waals surface area (Å²) >= 11 is 1.81. The zero-order chi connectivity index (χ0) is 17.0. The monoisotopic (exact) mass is 355 g/mol. The fourth-order valence-electron chi connectivity index (χ4n) is 5.32. The summed E-state index contributed by atoms with van der Waals surface area (Å²) in [6.07, 6.45) is 5.68. The lowest BCUT2D eigenvalue weighted by molar-refractivity contribution is -0.138. The number of carbonyl (C=O) groups excluding carboxylic acids is 1. The zero-order valence-electron chi connectivity index (χ0n) is 14.4. The summed E-state index contributed by atoms with van der Waals surface area (Å²) in [5.74, 6) is 2.07. The topological polar surface area (TPSA) is 59.2 Å². The van der Waals surface area contributed by atoms with Crippen molar-refractivity contribution in [1.82, 2.24) is 9.88 Å². The number of benzene rings is 1. The molecule has 5 rings (SSSR count). The van der Waals surface area contributed by atoms with Crippen molar-refractivity contribution in [3.05, 3.63) is 29.3 Å². The predicted molar refractivity (Wildman–Crippen MR) is 100 cm³/mol. The van der Waals surface area contributed by atoms with Gasteiger partial charge in [-0.25, -0.2) is 4.98 Å². The number of thiazole rings is 1. The maximum atomic E-state index is 13.0. The van der Waals surface area contributed by atoms with Crippen molar-refractivity contribution < 1.29 is 4.79 Å². The minimum atomic E-state index is 0.0951. The van der Waals surface area contributed by atoms with Gasteiger partial charge in [-0.1, -0.05) is 12.1 Å². The van der Waals surface area contributed by atoms with Gasteiger partial charge in [-0.05, 0) is 56.1 Å². The maximum absolute atomic E-state index is 13.0. The Kier molecular flexibility index (Phi) is 3.82. The van der Waals surface area contributed by atoms with Gasteiger partial charge in [-0.15, -0.1) is 11.3 Å². The number of amides is 1. The van der Waals surface area contributed by atoms with Gasteiger partial charge >= 0.3 is 0 Å². The number of fused-ring (bicyclic) bond motifs is 3. The van der Waals surface area contributed by atoms with Crippen LogP contribution in [0.4, 0.5) is 0 Å². The van der Waals surface area contributed by atoms with Crippen molar-refractivity contribution in [2.24, 2.45) is 23.5 Å². The van der Waals surface area contributed by atoms with E-state index in [0.717, 1.165) is 31.4 Å². The first kappa shape index (κ1) is 15.8. The molecule has 4 atom stereocenters. The van der Waals surface area contributed by atoms with Crippen LogP contribution in [0.5, 0.6) is 0 Å². The Balaban J connectivity index is 1.26. The molecule has 3 fully saturated rings. The van der Waals surface area contributed by atoms with Crippen molar-refractivity contribution in [2.75, 3.05) is 13.1 Å². The first-order valence-electron chi connectivity index (χ1n) is 9.60. The number of carbonyl (C=O) groups is 1. The Hall–Kier alpha value is -1.46. The van der Waals surface area contributed by atoms with Gasteiger partial charge in [0.25, 0.3) is 0 Å². The highest BCUT2D eigenvalue weighted by molar-refractivity contribution is 7.18. The van der Waals surface area contributed by atoms with Crippen LogP contribution >= 0.6 is 11.3 Å². The van der Waals surface area contributed by atoms with Crippen LogP contribution < -0.4 is 5.73 Å². The molecule has 25 heavy (non-hydrogen) atoms. The molecule has 4 unspecified atom stereocenters. The highest BCUT2D eigenvalue weighted by atomic mass is 32.1. The number of para-hydroxylation sites is 1. The molecule has 1 aromatic carbocycles. The van der Waals surface area contributed by atoms with Crippen LogP contribution in [0, 0.1) is 17.8 Å². The number of hydrogen-bond donors (Lipinski definition) is 1. The van der Waals surface area contributed by atoms with Crippen molar-refractivity contribution in [1.29, 1.82) is 0 Å². The molecule has 2 aliphatic carbocycles. The van der Waals surface area contributed by atoms with Gasteiger partial charge in [0, 0.05) is 25.0 Å². The Bertz CT molecular complexity index is 760. The minimum Gasteiger partial charge on any atom is -0.342 e. The molecule has 2 aromatic rings. The zero-order valence-corrected chi connectivity index (χ0v) is 15.3. The number of aromatic nitrogens is 1. The molecule has 3 aliphatic rings. The van der Waals surface area contributed by atoms with E-state index >= 15 is 0 Å². The standard InChI is InChI=1S/C20H25N3OS/c21-18-14-6-5-13(11-14)17(18)20(24)23-9-7-12(8-10-23)19-22-15-3-1-2-4-16(15)25-19/h1-4,12-14,17-18H,5-11,21H2. The van der Waals surface area contributed by atoms with Gasteiger partial charge in [0.05, 0.1) is 21.1 Å². The van der Waals surface area contributed by atoms with E-state index in [1.165, 1.54) is 29.0 Å². The van der Waals surface area contributed by atoms with E-state index in [1.807, 2.05) is 17.4 Å². The Labute approximate surface area is 152 Å². The predicted octanol–water partition coefficient (Wildman–Crippen LogP) is 3.38. The van der Waals surface area contributed by atoms with Crippen molar-refractivity contribution in [3.8, 4) is 0 Å². The average molecular weight is 356 g/mol. The normalized spacial score (nSPS) is 32.6. The molecule has 1 amide bonds. The number of rotatable bonds is 2. The second-order valence-corrected chi connectivity index (χ2v) is 9.12. The van der Waals surface area contributed by atoms with E-state index in [-0.39, 0.29) is 12.0 Å². The maximum Gasteiger partial charge on any atom is 0.227 e. The van der Waals surface area contributed by atoms with E-state index in [9.17, 15) is 4.79 Å². The summed E-state index contributed by atoms with van der Waals surface area (Å²) in [5, 5.41) is 1.24. The molecule has 4 nitrogen and oxygen atoms in total. The van der Waals surface area contributed by atoms with Crippen molar-refractivity contribution >= 4 is 27.5 Å². The van der Waals surface area contributed by atoms with Gasteiger partial charge < -0.3 is 10.6 Å². The third-order valence-corrected chi connectivity index (χ3v) is 7.93. The average Bonchev–Trinajstić information content (AvgIpc) is 3.35. The third kappa shape index (κ3) is 2.59. The van der Waals surface area contributed by atoms with E-state index in [1.54, 1.807) is 0 Å². The molecule has 0 radical (unpaired) electrons. The number of nitrogens with two attached hydrogens (primary N) is 1. The lowest BCUT2D eigenvalue weighted by Gasteiger charge is -2.36. The SMILES string of the molecule is NC1C2CCC(C2)C1C(=O)N1CCC(c2nc3ccccc3s2)CC1. The highest BCUT2D eigenvalue weighted by Crippen LogP contribution is 2.48. The van der Waals surface area contributed by atoms with Gasteiger partial charge in [-0.3, -0.25) is 4.79 Å². The molecule has 132 valence electrons.